The lowest BCUT2D eigenvalue weighted by Gasteiger charge is -2.21. The fourth-order valence-corrected chi connectivity index (χ4v) is 3.96. The van der Waals surface area contributed by atoms with Crippen LogP contribution in [0.1, 0.15) is 52.5 Å². The van der Waals surface area contributed by atoms with E-state index in [-0.39, 0.29) is 29.7 Å². The minimum Gasteiger partial charge on any atom is -0.497 e. The van der Waals surface area contributed by atoms with Gasteiger partial charge < -0.3 is 4.74 Å². The van der Waals surface area contributed by atoms with Crippen LogP contribution in [-0.4, -0.2) is 32.6 Å². The van der Waals surface area contributed by atoms with Crippen molar-refractivity contribution in [2.45, 2.75) is 46.6 Å². The third-order valence-corrected chi connectivity index (χ3v) is 5.91. The molecule has 0 bridgehead atoms. The quantitative estimate of drug-likeness (QED) is 0.426. The van der Waals surface area contributed by atoms with Crippen LogP contribution in [0, 0.1) is 13.8 Å². The Bertz CT molecular complexity index is 1390. The first-order valence-electron chi connectivity index (χ1n) is 11.4. The van der Waals surface area contributed by atoms with Crippen molar-refractivity contribution in [3.8, 4) is 5.75 Å². The number of hydrogen-bond acceptors (Lipinski definition) is 5. The van der Waals surface area contributed by atoms with Gasteiger partial charge in [0, 0.05) is 11.1 Å². The molecule has 8 nitrogen and oxygen atoms in total. The number of aromatic amines is 1. The smallest absolute Gasteiger partial charge is 0.277 e. The Morgan fingerprint density at radius 2 is 1.91 bits per heavy atom. The van der Waals surface area contributed by atoms with E-state index in [1.54, 1.807) is 13.2 Å². The van der Waals surface area contributed by atoms with E-state index in [9.17, 15) is 9.59 Å². The molecule has 0 spiro atoms. The summed E-state index contributed by atoms with van der Waals surface area (Å²) in [7, 11) is 1.60. The number of ether oxygens (including phenoxy) is 1. The fourth-order valence-electron chi connectivity index (χ4n) is 3.96. The van der Waals surface area contributed by atoms with Crippen molar-refractivity contribution in [2.75, 3.05) is 12.0 Å². The lowest BCUT2D eigenvalue weighted by atomic mass is 10.1. The van der Waals surface area contributed by atoms with Crippen LogP contribution in [0.2, 0.25) is 0 Å². The minimum absolute atomic E-state index is 0.181. The number of aryl methyl sites for hydroxylation is 2. The third-order valence-electron chi connectivity index (χ3n) is 5.91. The summed E-state index contributed by atoms with van der Waals surface area (Å²) in [5.41, 5.74) is 3.43. The van der Waals surface area contributed by atoms with Gasteiger partial charge >= 0.3 is 0 Å². The molecule has 2 aromatic carbocycles. The molecule has 1 amide bonds. The second-order valence-corrected chi connectivity index (χ2v) is 8.32. The zero-order chi connectivity index (χ0) is 24.2. The van der Waals surface area contributed by atoms with E-state index >= 15 is 0 Å². The van der Waals surface area contributed by atoms with Crippen molar-refractivity contribution < 1.29 is 9.53 Å². The number of benzene rings is 2. The number of aromatic nitrogens is 4. The number of nitrogens with zero attached hydrogens (tertiary/aromatic N) is 4. The number of carbonyl (C=O) groups is 1. The van der Waals surface area contributed by atoms with Gasteiger partial charge in [-0.15, -0.1) is 0 Å². The number of methoxy groups -OCH3 is 1. The number of nitrogens with one attached hydrogen (secondary N) is 1. The van der Waals surface area contributed by atoms with Gasteiger partial charge in [-0.25, -0.2) is 4.98 Å². The molecule has 176 valence electrons. The van der Waals surface area contributed by atoms with Gasteiger partial charge in [0.05, 0.1) is 19.3 Å². The Morgan fingerprint density at radius 3 is 2.65 bits per heavy atom. The molecule has 0 fully saturated rings. The van der Waals surface area contributed by atoms with Crippen molar-refractivity contribution in [1.29, 1.82) is 0 Å². The van der Waals surface area contributed by atoms with Gasteiger partial charge in [0.1, 0.15) is 5.75 Å². The third kappa shape index (κ3) is 4.57. The fraction of sp³-hybridized carbons (Fsp3) is 0.308. The SMILES string of the molecule is CCCCc1c(C)nc2nc(N(Cc3cccc(OC)c3)C(=O)c3ccccc3C)[nH]n2c1=O. The molecule has 0 saturated heterocycles. The highest BCUT2D eigenvalue weighted by atomic mass is 16.5. The maximum absolute atomic E-state index is 13.7. The standard InChI is InChI=1S/C26H29N5O3/c1-5-6-13-22-18(3)27-25-28-26(29-31(25)24(22)33)30(16-19-11-9-12-20(15-19)34-4)23(32)21-14-8-7-10-17(21)2/h7-12,14-15H,5-6,13,16H2,1-4H3,(H,27,28,29). The van der Waals surface area contributed by atoms with Crippen molar-refractivity contribution in [1.82, 2.24) is 19.6 Å². The number of unbranched alkanes of at least 4 members (excludes halogenated alkanes) is 1. The summed E-state index contributed by atoms with van der Waals surface area (Å²) in [6.45, 7) is 6.04. The summed E-state index contributed by atoms with van der Waals surface area (Å²) in [6, 6.07) is 14.9. The van der Waals surface area contributed by atoms with Crippen molar-refractivity contribution >= 4 is 17.6 Å². The summed E-state index contributed by atoms with van der Waals surface area (Å²) in [5, 5.41) is 3.03. The van der Waals surface area contributed by atoms with Crippen molar-refractivity contribution in [3.05, 3.63) is 86.8 Å². The number of H-pyrrole nitrogens is 1. The van der Waals surface area contributed by atoms with Crippen LogP contribution in [0.25, 0.3) is 5.78 Å². The van der Waals surface area contributed by atoms with E-state index in [0.29, 0.717) is 29.0 Å². The molecule has 0 unspecified atom stereocenters. The number of amides is 1. The monoisotopic (exact) mass is 459 g/mol. The molecule has 1 N–H and O–H groups in total. The van der Waals surface area contributed by atoms with Crippen LogP contribution in [0.3, 0.4) is 0 Å². The number of fused-ring (bicyclic) bond motifs is 1. The molecule has 0 aliphatic rings. The zero-order valence-electron chi connectivity index (χ0n) is 20.0. The van der Waals surface area contributed by atoms with Crippen LogP contribution < -0.4 is 15.2 Å². The number of carbonyl (C=O) groups excluding carboxylic acids is 1. The number of anilines is 1. The van der Waals surface area contributed by atoms with Gasteiger partial charge in [-0.1, -0.05) is 43.7 Å². The first kappa shape index (κ1) is 23.2. The second kappa shape index (κ2) is 9.91. The summed E-state index contributed by atoms with van der Waals surface area (Å²) < 4.78 is 6.68. The molecule has 4 aromatic rings. The van der Waals surface area contributed by atoms with Crippen LogP contribution >= 0.6 is 0 Å². The molecule has 0 aliphatic carbocycles. The van der Waals surface area contributed by atoms with Crippen LogP contribution in [0.15, 0.2) is 53.3 Å². The van der Waals surface area contributed by atoms with E-state index in [4.69, 9.17) is 4.74 Å². The van der Waals surface area contributed by atoms with Gasteiger partial charge in [-0.3, -0.25) is 19.6 Å². The Morgan fingerprint density at radius 1 is 1.12 bits per heavy atom. The summed E-state index contributed by atoms with van der Waals surface area (Å²) in [5.74, 6) is 0.967. The highest BCUT2D eigenvalue weighted by Crippen LogP contribution is 2.21. The number of rotatable bonds is 8. The van der Waals surface area contributed by atoms with E-state index in [2.05, 4.69) is 22.0 Å². The number of hydrogen-bond donors (Lipinski definition) is 1. The molecule has 2 aromatic heterocycles. The first-order valence-corrected chi connectivity index (χ1v) is 11.4. The highest BCUT2D eigenvalue weighted by molar-refractivity contribution is 6.06. The molecule has 0 aliphatic heterocycles. The minimum atomic E-state index is -0.226. The maximum Gasteiger partial charge on any atom is 0.277 e. The van der Waals surface area contributed by atoms with Crippen molar-refractivity contribution in [3.63, 3.8) is 0 Å². The second-order valence-electron chi connectivity index (χ2n) is 8.32. The molecule has 0 radical (unpaired) electrons. The van der Waals surface area contributed by atoms with Gasteiger partial charge in [0.2, 0.25) is 5.95 Å². The molecule has 8 heteroatoms. The topological polar surface area (TPSA) is 92.6 Å². The van der Waals surface area contributed by atoms with Crippen LogP contribution in [-0.2, 0) is 13.0 Å². The molecule has 0 saturated carbocycles. The van der Waals surface area contributed by atoms with E-state index < -0.39 is 0 Å². The lowest BCUT2D eigenvalue weighted by Crippen LogP contribution is -2.32. The van der Waals surface area contributed by atoms with E-state index in [0.717, 1.165) is 24.0 Å². The Labute approximate surface area is 198 Å². The van der Waals surface area contributed by atoms with E-state index in [1.807, 2.05) is 56.3 Å². The summed E-state index contributed by atoms with van der Waals surface area (Å²) in [6.07, 6.45) is 2.54. The summed E-state index contributed by atoms with van der Waals surface area (Å²) >= 11 is 0. The first-order chi connectivity index (χ1) is 16.4. The molecule has 4 rings (SSSR count). The Balaban J connectivity index is 1.82. The van der Waals surface area contributed by atoms with E-state index in [1.165, 1.54) is 9.42 Å². The summed E-state index contributed by atoms with van der Waals surface area (Å²) in [4.78, 5) is 37.5. The average molecular weight is 460 g/mol. The van der Waals surface area contributed by atoms with Crippen LogP contribution in [0.4, 0.5) is 5.95 Å². The predicted octanol–water partition coefficient (Wildman–Crippen LogP) is 4.23. The Kier molecular flexibility index (Phi) is 6.77. The van der Waals surface area contributed by atoms with Gasteiger partial charge in [-0.2, -0.15) is 9.50 Å². The Hall–Kier alpha value is -3.94. The average Bonchev–Trinajstić information content (AvgIpc) is 3.26. The zero-order valence-corrected chi connectivity index (χ0v) is 20.0. The molecule has 34 heavy (non-hydrogen) atoms. The highest BCUT2D eigenvalue weighted by Gasteiger charge is 2.24. The predicted molar refractivity (Wildman–Crippen MR) is 132 cm³/mol. The van der Waals surface area contributed by atoms with Gasteiger partial charge in [0.25, 0.3) is 17.2 Å². The largest absolute Gasteiger partial charge is 0.497 e. The van der Waals surface area contributed by atoms with Crippen molar-refractivity contribution in [2.24, 2.45) is 0 Å². The maximum atomic E-state index is 13.7. The molecular formula is C26H29N5O3. The molecule has 2 heterocycles. The normalized spacial score (nSPS) is 11.1. The lowest BCUT2D eigenvalue weighted by molar-refractivity contribution is 0.0983. The van der Waals surface area contributed by atoms with Gasteiger partial charge in [-0.05, 0) is 56.0 Å². The molecule has 0 atom stereocenters. The van der Waals surface area contributed by atoms with Gasteiger partial charge in [0.15, 0.2) is 0 Å². The molecular weight excluding hydrogens is 430 g/mol. The van der Waals surface area contributed by atoms with Crippen LogP contribution in [0.5, 0.6) is 5.75 Å².